The molecule has 3 rings (SSSR count). The molecule has 1 N–H and O–H groups in total. The van der Waals surface area contributed by atoms with Crippen molar-refractivity contribution in [1.82, 2.24) is 10.2 Å². The van der Waals surface area contributed by atoms with Gasteiger partial charge in [-0.2, -0.15) is 0 Å². The Bertz CT molecular complexity index is 542. The first-order valence-corrected chi connectivity index (χ1v) is 9.21. The number of fused-ring (bicyclic) bond motifs is 1. The third-order valence-corrected chi connectivity index (χ3v) is 5.37. The molecule has 3 unspecified atom stereocenters. The number of carbonyl (C=O) groups is 1. The van der Waals surface area contributed by atoms with Crippen LogP contribution in [0.2, 0.25) is 0 Å². The van der Waals surface area contributed by atoms with E-state index in [0.717, 1.165) is 25.3 Å². The Morgan fingerprint density at radius 1 is 1.35 bits per heavy atom. The predicted octanol–water partition coefficient (Wildman–Crippen LogP) is 3.34. The van der Waals surface area contributed by atoms with Crippen LogP contribution in [0.1, 0.15) is 56.6 Å². The molecule has 126 valence electrons. The van der Waals surface area contributed by atoms with E-state index in [1.165, 1.54) is 37.1 Å². The summed E-state index contributed by atoms with van der Waals surface area (Å²) >= 11 is 0. The number of nitrogens with one attached hydrogen (secondary N) is 1. The van der Waals surface area contributed by atoms with E-state index in [4.69, 9.17) is 0 Å². The molecule has 23 heavy (non-hydrogen) atoms. The summed E-state index contributed by atoms with van der Waals surface area (Å²) in [7, 11) is 0. The quantitative estimate of drug-likeness (QED) is 0.904. The lowest BCUT2D eigenvalue weighted by Gasteiger charge is -2.33. The maximum atomic E-state index is 12.4. The molecule has 1 fully saturated rings. The number of hydrogen-bond acceptors (Lipinski definition) is 2. The number of rotatable bonds is 5. The summed E-state index contributed by atoms with van der Waals surface area (Å²) < 4.78 is 0. The van der Waals surface area contributed by atoms with Gasteiger partial charge in [0.15, 0.2) is 0 Å². The van der Waals surface area contributed by atoms with Crippen LogP contribution in [0.25, 0.3) is 0 Å². The zero-order chi connectivity index (χ0) is 16.2. The number of piperidine rings is 1. The highest BCUT2D eigenvalue weighted by molar-refractivity contribution is 5.77. The maximum absolute atomic E-state index is 12.4. The lowest BCUT2D eigenvalue weighted by atomic mass is 9.97. The largest absolute Gasteiger partial charge is 0.352 e. The fourth-order valence-electron chi connectivity index (χ4n) is 4.30. The van der Waals surface area contributed by atoms with Crippen LogP contribution in [0.5, 0.6) is 0 Å². The molecule has 1 aromatic rings. The van der Waals surface area contributed by atoms with E-state index in [1.807, 2.05) is 0 Å². The minimum Gasteiger partial charge on any atom is -0.352 e. The van der Waals surface area contributed by atoms with E-state index in [9.17, 15) is 4.79 Å². The summed E-state index contributed by atoms with van der Waals surface area (Å²) in [6, 6.07) is 8.83. The van der Waals surface area contributed by atoms with E-state index < -0.39 is 0 Å². The average molecular weight is 314 g/mol. The molecule has 0 bridgehead atoms. The Balaban J connectivity index is 1.46. The molecule has 1 amide bonds. The van der Waals surface area contributed by atoms with Gasteiger partial charge < -0.3 is 10.2 Å². The first kappa shape index (κ1) is 16.5. The van der Waals surface area contributed by atoms with Gasteiger partial charge in [0.05, 0.1) is 0 Å². The lowest BCUT2D eigenvalue weighted by Crippen LogP contribution is -2.45. The predicted molar refractivity (Wildman–Crippen MR) is 94.6 cm³/mol. The Morgan fingerprint density at radius 3 is 3.00 bits per heavy atom. The van der Waals surface area contributed by atoms with E-state index in [2.05, 4.69) is 48.3 Å². The minimum atomic E-state index is 0.212. The molecule has 0 saturated carbocycles. The standard InChI is InChI=1S/C20H30N2O/c1-15-6-5-11-22(13-15)14-16(2)21-20(23)12-18-10-9-17-7-3-4-8-19(17)18/h3-4,7-8,15-16,18H,5-6,9-14H2,1-2H3,(H,21,23). The Labute approximate surface area is 140 Å². The van der Waals surface area contributed by atoms with Crippen molar-refractivity contribution in [2.75, 3.05) is 19.6 Å². The van der Waals surface area contributed by atoms with Crippen LogP contribution in [-0.4, -0.2) is 36.5 Å². The van der Waals surface area contributed by atoms with Gasteiger partial charge in [-0.3, -0.25) is 4.79 Å². The highest BCUT2D eigenvalue weighted by atomic mass is 16.1. The fourth-order valence-corrected chi connectivity index (χ4v) is 4.30. The van der Waals surface area contributed by atoms with Gasteiger partial charge >= 0.3 is 0 Å². The summed E-state index contributed by atoms with van der Waals surface area (Å²) in [5.41, 5.74) is 2.82. The molecular weight excluding hydrogens is 284 g/mol. The highest BCUT2D eigenvalue weighted by Crippen LogP contribution is 2.35. The number of carbonyl (C=O) groups excluding carboxylic acids is 1. The second-order valence-corrected chi connectivity index (χ2v) is 7.61. The van der Waals surface area contributed by atoms with E-state index in [-0.39, 0.29) is 11.9 Å². The first-order chi connectivity index (χ1) is 11.1. The zero-order valence-electron chi connectivity index (χ0n) is 14.6. The van der Waals surface area contributed by atoms with Crippen LogP contribution < -0.4 is 5.32 Å². The molecule has 0 spiro atoms. The van der Waals surface area contributed by atoms with Gasteiger partial charge in [0, 0.05) is 25.6 Å². The Morgan fingerprint density at radius 2 is 2.17 bits per heavy atom. The second kappa shape index (κ2) is 7.48. The van der Waals surface area contributed by atoms with Crippen LogP contribution in [0, 0.1) is 5.92 Å². The fraction of sp³-hybridized carbons (Fsp3) is 0.650. The molecule has 1 heterocycles. The van der Waals surface area contributed by atoms with Crippen molar-refractivity contribution in [3.63, 3.8) is 0 Å². The number of benzene rings is 1. The normalized spacial score (nSPS) is 25.8. The lowest BCUT2D eigenvalue weighted by molar-refractivity contribution is -0.122. The zero-order valence-corrected chi connectivity index (χ0v) is 14.6. The third-order valence-electron chi connectivity index (χ3n) is 5.37. The van der Waals surface area contributed by atoms with Crippen molar-refractivity contribution in [3.05, 3.63) is 35.4 Å². The molecule has 3 heteroatoms. The number of hydrogen-bond donors (Lipinski definition) is 1. The van der Waals surface area contributed by atoms with Crippen molar-refractivity contribution in [1.29, 1.82) is 0 Å². The van der Waals surface area contributed by atoms with Crippen LogP contribution in [0.15, 0.2) is 24.3 Å². The average Bonchev–Trinajstić information content (AvgIpc) is 2.90. The number of amides is 1. The molecule has 1 saturated heterocycles. The SMILES string of the molecule is CC1CCCN(CC(C)NC(=O)CC2CCc3ccccc32)C1. The maximum Gasteiger partial charge on any atom is 0.220 e. The number of likely N-dealkylation sites (tertiary alicyclic amines) is 1. The molecule has 0 radical (unpaired) electrons. The summed E-state index contributed by atoms with van der Waals surface area (Å²) in [6.07, 6.45) is 5.51. The molecule has 1 aliphatic carbocycles. The van der Waals surface area contributed by atoms with Crippen molar-refractivity contribution in [2.24, 2.45) is 5.92 Å². The van der Waals surface area contributed by atoms with E-state index in [1.54, 1.807) is 0 Å². The van der Waals surface area contributed by atoms with Crippen LogP contribution in [0.4, 0.5) is 0 Å². The van der Waals surface area contributed by atoms with Gasteiger partial charge in [0.25, 0.3) is 0 Å². The Hall–Kier alpha value is -1.35. The van der Waals surface area contributed by atoms with Crippen molar-refractivity contribution >= 4 is 5.91 Å². The van der Waals surface area contributed by atoms with Crippen molar-refractivity contribution in [3.8, 4) is 0 Å². The summed E-state index contributed by atoms with van der Waals surface area (Å²) in [5.74, 6) is 1.42. The summed E-state index contributed by atoms with van der Waals surface area (Å²) in [5, 5.41) is 3.22. The van der Waals surface area contributed by atoms with Gasteiger partial charge in [-0.05, 0) is 62.1 Å². The molecule has 3 nitrogen and oxygen atoms in total. The van der Waals surface area contributed by atoms with Crippen LogP contribution in [-0.2, 0) is 11.2 Å². The molecule has 1 aromatic carbocycles. The number of aryl methyl sites for hydroxylation is 1. The van der Waals surface area contributed by atoms with E-state index >= 15 is 0 Å². The van der Waals surface area contributed by atoms with Crippen molar-refractivity contribution in [2.45, 2.75) is 57.9 Å². The molecule has 2 aliphatic rings. The molecular formula is C20H30N2O. The monoisotopic (exact) mass is 314 g/mol. The van der Waals surface area contributed by atoms with Crippen LogP contribution in [0.3, 0.4) is 0 Å². The smallest absolute Gasteiger partial charge is 0.220 e. The van der Waals surface area contributed by atoms with Gasteiger partial charge in [0.2, 0.25) is 5.91 Å². The van der Waals surface area contributed by atoms with Gasteiger partial charge in [-0.15, -0.1) is 0 Å². The van der Waals surface area contributed by atoms with E-state index in [0.29, 0.717) is 12.3 Å². The highest BCUT2D eigenvalue weighted by Gasteiger charge is 2.25. The summed E-state index contributed by atoms with van der Waals surface area (Å²) in [6.45, 7) is 7.81. The topological polar surface area (TPSA) is 32.3 Å². The molecule has 3 atom stereocenters. The second-order valence-electron chi connectivity index (χ2n) is 7.61. The molecule has 1 aliphatic heterocycles. The first-order valence-electron chi connectivity index (χ1n) is 9.21. The van der Waals surface area contributed by atoms with Gasteiger partial charge in [-0.25, -0.2) is 0 Å². The molecule has 0 aromatic heterocycles. The van der Waals surface area contributed by atoms with Crippen molar-refractivity contribution < 1.29 is 4.79 Å². The minimum absolute atomic E-state index is 0.212. The van der Waals surface area contributed by atoms with Gasteiger partial charge in [0.1, 0.15) is 0 Å². The third kappa shape index (κ3) is 4.35. The van der Waals surface area contributed by atoms with Gasteiger partial charge in [-0.1, -0.05) is 31.2 Å². The van der Waals surface area contributed by atoms with Crippen LogP contribution >= 0.6 is 0 Å². The Kier molecular flexibility index (Phi) is 5.37. The summed E-state index contributed by atoms with van der Waals surface area (Å²) in [4.78, 5) is 14.9. The number of nitrogens with zero attached hydrogens (tertiary/aromatic N) is 1.